The van der Waals surface area contributed by atoms with Gasteiger partial charge in [-0.2, -0.15) is 0 Å². The molecule has 11 aromatic rings. The zero-order chi connectivity index (χ0) is 36.5. The molecule has 1 aliphatic heterocycles. The lowest BCUT2D eigenvalue weighted by atomic mass is 9.91. The molecule has 6 heteroatoms. The van der Waals surface area contributed by atoms with Crippen molar-refractivity contribution in [1.82, 2.24) is 0 Å². The molecule has 0 saturated carbocycles. The number of allylic oxidation sites excluding steroid dienone is 4. The monoisotopic (exact) mass is 820 g/mol. The van der Waals surface area contributed by atoms with Crippen molar-refractivity contribution >= 4 is 148 Å². The number of hydrogen-bond acceptors (Lipinski definition) is 6. The molecule has 0 saturated heterocycles. The number of rotatable bonds is 4. The summed E-state index contributed by atoms with van der Waals surface area (Å²) in [7, 11) is 0. The molecule has 0 amide bonds. The minimum atomic E-state index is 0.430. The Kier molecular flexibility index (Phi) is 7.13. The first-order valence-corrected chi connectivity index (χ1v) is 23.7. The molecule has 6 heterocycles. The van der Waals surface area contributed by atoms with Gasteiger partial charge in [0, 0.05) is 66.0 Å². The molecule has 1 aliphatic carbocycles. The Morgan fingerprint density at radius 3 is 1.68 bits per heavy atom. The van der Waals surface area contributed by atoms with Crippen LogP contribution in [0.3, 0.4) is 0 Å². The maximum Gasteiger partial charge on any atom is 0.0542 e. The maximum absolute atomic E-state index is 2.49. The summed E-state index contributed by atoms with van der Waals surface area (Å²) >= 11 is 11.8. The van der Waals surface area contributed by atoms with Crippen LogP contribution in [0.2, 0.25) is 0 Å². The van der Waals surface area contributed by atoms with Crippen LogP contribution in [0.15, 0.2) is 158 Å². The van der Waals surface area contributed by atoms with Gasteiger partial charge in [-0.05, 0) is 81.2 Å². The first-order chi connectivity index (χ1) is 27.7. The van der Waals surface area contributed by atoms with Crippen LogP contribution >= 0.6 is 68.4 Å². The summed E-state index contributed by atoms with van der Waals surface area (Å²) in [6.07, 6.45) is 9.65. The van der Waals surface area contributed by atoms with Crippen LogP contribution in [0.5, 0.6) is 0 Å². The van der Waals surface area contributed by atoms with Crippen molar-refractivity contribution in [2.24, 2.45) is 5.92 Å². The minimum absolute atomic E-state index is 0.430. The molecule has 0 radical (unpaired) electrons. The van der Waals surface area contributed by atoms with Crippen molar-refractivity contribution in [2.45, 2.75) is 5.25 Å². The number of benzene rings is 6. The van der Waals surface area contributed by atoms with Gasteiger partial charge in [-0.3, -0.25) is 0 Å². The van der Waals surface area contributed by atoms with E-state index in [1.807, 2.05) is 68.4 Å². The molecule has 0 N–H and O–H groups in total. The topological polar surface area (TPSA) is 0 Å². The van der Waals surface area contributed by atoms with Crippen LogP contribution in [-0.2, 0) is 0 Å². The van der Waals surface area contributed by atoms with Gasteiger partial charge >= 0.3 is 0 Å². The van der Waals surface area contributed by atoms with Gasteiger partial charge in [-0.25, -0.2) is 0 Å². The summed E-state index contributed by atoms with van der Waals surface area (Å²) < 4.78 is 12.6. The largest absolute Gasteiger partial charge is 0.135 e. The predicted octanol–water partition coefficient (Wildman–Crippen LogP) is 17.1. The van der Waals surface area contributed by atoms with E-state index in [4.69, 9.17) is 0 Å². The van der Waals surface area contributed by atoms with Crippen LogP contribution in [0.4, 0.5) is 0 Å². The van der Waals surface area contributed by atoms with Crippen LogP contribution in [0, 0.1) is 5.92 Å². The molecule has 0 fully saturated rings. The van der Waals surface area contributed by atoms with E-state index in [0.717, 1.165) is 0 Å². The zero-order valence-corrected chi connectivity index (χ0v) is 34.5. The Morgan fingerprint density at radius 2 is 0.982 bits per heavy atom. The lowest BCUT2D eigenvalue weighted by molar-refractivity contribution is 0.861. The van der Waals surface area contributed by atoms with E-state index in [9.17, 15) is 0 Å². The van der Waals surface area contributed by atoms with E-state index in [-0.39, 0.29) is 0 Å². The van der Waals surface area contributed by atoms with Gasteiger partial charge < -0.3 is 0 Å². The normalized spacial score (nSPS) is 17.0. The van der Waals surface area contributed by atoms with E-state index >= 15 is 0 Å². The average molecular weight is 821 g/mol. The van der Waals surface area contributed by atoms with Gasteiger partial charge in [-0.15, -0.1) is 68.4 Å². The molecule has 264 valence electrons. The van der Waals surface area contributed by atoms with E-state index in [2.05, 4.69) is 158 Å². The van der Waals surface area contributed by atoms with Gasteiger partial charge in [0.1, 0.15) is 0 Å². The highest BCUT2D eigenvalue weighted by molar-refractivity contribution is 8.09. The van der Waals surface area contributed by atoms with Gasteiger partial charge in [0.15, 0.2) is 0 Å². The Balaban J connectivity index is 0.840. The summed E-state index contributed by atoms with van der Waals surface area (Å²) in [4.78, 5) is 2.73. The molecular formula is C50H28S6. The predicted molar refractivity (Wildman–Crippen MR) is 256 cm³/mol. The number of hydrogen-bond donors (Lipinski definition) is 0. The summed E-state index contributed by atoms with van der Waals surface area (Å²) in [5, 5.41) is 7.37. The van der Waals surface area contributed by atoms with E-state index in [1.54, 1.807) is 0 Å². The maximum atomic E-state index is 2.49. The van der Waals surface area contributed by atoms with Crippen molar-refractivity contribution in [3.05, 3.63) is 169 Å². The smallest absolute Gasteiger partial charge is 0.0542 e. The first-order valence-electron chi connectivity index (χ1n) is 18.8. The summed E-state index contributed by atoms with van der Waals surface area (Å²) in [6, 6.07) is 50.0. The third-order valence-corrected chi connectivity index (χ3v) is 18.9. The molecule has 0 nitrogen and oxygen atoms in total. The third kappa shape index (κ3) is 5.00. The summed E-state index contributed by atoms with van der Waals surface area (Å²) in [5.41, 5.74) is 7.81. The lowest BCUT2D eigenvalue weighted by Crippen LogP contribution is -2.09. The van der Waals surface area contributed by atoms with Crippen LogP contribution in [0.1, 0.15) is 11.1 Å². The number of thiophene rings is 5. The van der Waals surface area contributed by atoms with Crippen LogP contribution in [-0.4, -0.2) is 5.25 Å². The van der Waals surface area contributed by atoms with Gasteiger partial charge in [0.25, 0.3) is 0 Å². The van der Waals surface area contributed by atoms with Crippen molar-refractivity contribution < 1.29 is 0 Å². The molecule has 2 unspecified atom stereocenters. The number of fused-ring (bicyclic) bond motifs is 12. The summed E-state index contributed by atoms with van der Waals surface area (Å²) in [5.74, 6) is 0.430. The lowest BCUT2D eigenvalue weighted by Gasteiger charge is -2.18. The molecule has 2 aliphatic rings. The van der Waals surface area contributed by atoms with Crippen molar-refractivity contribution in [3.63, 3.8) is 0 Å². The summed E-state index contributed by atoms with van der Waals surface area (Å²) in [6.45, 7) is 0. The molecule has 0 spiro atoms. The van der Waals surface area contributed by atoms with Crippen LogP contribution < -0.4 is 0 Å². The Bertz CT molecular complexity index is 3510. The Morgan fingerprint density at radius 1 is 0.393 bits per heavy atom. The highest BCUT2D eigenvalue weighted by atomic mass is 32.2. The van der Waals surface area contributed by atoms with Gasteiger partial charge in [0.05, 0.1) is 18.8 Å². The zero-order valence-electron chi connectivity index (χ0n) is 29.6. The van der Waals surface area contributed by atoms with Crippen molar-refractivity contribution in [1.29, 1.82) is 0 Å². The number of thioether (sulfide) groups is 1. The fraction of sp³-hybridized carbons (Fsp3) is 0.0400. The molecule has 6 aromatic carbocycles. The fourth-order valence-corrected chi connectivity index (χ4v) is 16.3. The highest BCUT2D eigenvalue weighted by Crippen LogP contribution is 2.52. The minimum Gasteiger partial charge on any atom is -0.135 e. The first kappa shape index (κ1) is 32.3. The SMILES string of the molecule is C1=CC2SC(c3ccc4c(c3)sc3c5cc6sc7c8ccc(-c9cc%10cc(-c%11ccccc%11)ccc%10s9)cc8sc7c6cc5sc43)=CC2C=C1c1ccccc1. The van der Waals surface area contributed by atoms with Crippen LogP contribution in [0.25, 0.3) is 101 Å². The van der Waals surface area contributed by atoms with Crippen molar-refractivity contribution in [2.75, 3.05) is 0 Å². The van der Waals surface area contributed by atoms with Gasteiger partial charge in [0.2, 0.25) is 0 Å². The average Bonchev–Trinajstić information content (AvgIpc) is 4.10. The van der Waals surface area contributed by atoms with Crippen molar-refractivity contribution in [3.8, 4) is 21.6 Å². The quantitative estimate of drug-likeness (QED) is 0.170. The second-order valence-electron chi connectivity index (χ2n) is 14.8. The molecule has 0 bridgehead atoms. The molecule has 2 atom stereocenters. The fourth-order valence-electron chi connectivity index (χ4n) is 8.60. The second kappa shape index (κ2) is 12.4. The molecule has 13 rings (SSSR count). The Labute approximate surface area is 347 Å². The standard InChI is InChI=1S/C50H28S6/c1-3-7-27(8-4-1)29-13-17-39-33(19-29)23-41(51-39)31-11-15-35-43(21-31)53-49-37-25-46-38(26-45(37)55-47(35)49)50-48(56-46)36-16-12-32(22-44(36)54-50)42-24-34-20-30(14-18-40(34)52-42)28-9-5-2-6-10-28/h1-26,33,39H. The highest BCUT2D eigenvalue weighted by Gasteiger charge is 2.29. The third-order valence-electron chi connectivity index (χ3n) is 11.4. The molecular weight excluding hydrogens is 793 g/mol. The Hall–Kier alpha value is -4.79. The van der Waals surface area contributed by atoms with E-state index < -0.39 is 0 Å². The van der Waals surface area contributed by atoms with Gasteiger partial charge in [-0.1, -0.05) is 115 Å². The second-order valence-corrected chi connectivity index (χ2v) is 21.3. The van der Waals surface area contributed by atoms with E-state index in [0.29, 0.717) is 11.2 Å². The molecule has 5 aromatic heterocycles. The van der Waals surface area contributed by atoms with E-state index in [1.165, 1.54) is 112 Å². The molecule has 56 heavy (non-hydrogen) atoms.